The van der Waals surface area contributed by atoms with Gasteiger partial charge in [-0.05, 0) is 56.3 Å². The molecule has 0 amide bonds. The Bertz CT molecular complexity index is 395. The van der Waals surface area contributed by atoms with Crippen LogP contribution in [0.3, 0.4) is 0 Å². The molecule has 104 valence electrons. The molecule has 2 heterocycles. The quantitative estimate of drug-likeness (QED) is 0.907. The molecule has 2 saturated heterocycles. The lowest BCUT2D eigenvalue weighted by atomic mass is 9.89. The second-order valence-corrected chi connectivity index (χ2v) is 5.52. The summed E-state index contributed by atoms with van der Waals surface area (Å²) in [6, 6.07) is 8.55. The van der Waals surface area contributed by atoms with Gasteiger partial charge in [0.15, 0.2) is 0 Å². The number of para-hydroxylation sites is 1. The van der Waals surface area contributed by atoms with Gasteiger partial charge in [-0.15, -0.1) is 0 Å². The number of benzene rings is 1. The highest BCUT2D eigenvalue weighted by atomic mass is 16.5. The van der Waals surface area contributed by atoms with Crippen molar-refractivity contribution in [1.29, 1.82) is 0 Å². The van der Waals surface area contributed by atoms with Gasteiger partial charge < -0.3 is 14.8 Å². The summed E-state index contributed by atoms with van der Waals surface area (Å²) in [4.78, 5) is 0. The Morgan fingerprint density at radius 1 is 1.11 bits per heavy atom. The Kier molecular flexibility index (Phi) is 4.36. The molecule has 0 aliphatic carbocycles. The van der Waals surface area contributed by atoms with Crippen molar-refractivity contribution < 1.29 is 9.47 Å². The first-order valence-electron chi connectivity index (χ1n) is 7.47. The average molecular weight is 261 g/mol. The third-order valence-corrected chi connectivity index (χ3v) is 4.11. The van der Waals surface area contributed by atoms with Gasteiger partial charge in [-0.3, -0.25) is 0 Å². The summed E-state index contributed by atoms with van der Waals surface area (Å²) in [7, 11) is 0. The van der Waals surface area contributed by atoms with E-state index in [4.69, 9.17) is 9.47 Å². The highest BCUT2D eigenvalue weighted by Gasteiger charge is 2.21. The summed E-state index contributed by atoms with van der Waals surface area (Å²) >= 11 is 0. The van der Waals surface area contributed by atoms with E-state index in [1.54, 1.807) is 0 Å². The zero-order chi connectivity index (χ0) is 12.9. The Morgan fingerprint density at radius 3 is 2.74 bits per heavy atom. The molecule has 1 aromatic rings. The third-order valence-electron chi connectivity index (χ3n) is 4.11. The van der Waals surface area contributed by atoms with Gasteiger partial charge in [0.1, 0.15) is 11.9 Å². The number of hydrogen-bond donors (Lipinski definition) is 1. The number of ether oxygens (including phenoxy) is 2. The van der Waals surface area contributed by atoms with Crippen LogP contribution < -0.4 is 10.1 Å². The molecule has 3 rings (SSSR count). The summed E-state index contributed by atoms with van der Waals surface area (Å²) in [6.45, 7) is 3.85. The monoisotopic (exact) mass is 261 g/mol. The summed E-state index contributed by atoms with van der Waals surface area (Å²) < 4.78 is 11.7. The number of piperidine rings is 1. The molecule has 2 fully saturated rings. The summed E-state index contributed by atoms with van der Waals surface area (Å²) in [5, 5.41) is 3.42. The van der Waals surface area contributed by atoms with Gasteiger partial charge in [0.05, 0.1) is 6.61 Å². The predicted molar refractivity (Wildman–Crippen MR) is 75.8 cm³/mol. The van der Waals surface area contributed by atoms with Crippen LogP contribution in [-0.2, 0) is 4.74 Å². The van der Waals surface area contributed by atoms with Gasteiger partial charge in [-0.2, -0.15) is 0 Å². The van der Waals surface area contributed by atoms with Crippen LogP contribution >= 0.6 is 0 Å². The van der Waals surface area contributed by atoms with Gasteiger partial charge in [-0.25, -0.2) is 0 Å². The first kappa shape index (κ1) is 12.9. The molecular formula is C16H23NO2. The Morgan fingerprint density at radius 2 is 1.95 bits per heavy atom. The van der Waals surface area contributed by atoms with Gasteiger partial charge in [0, 0.05) is 6.61 Å². The van der Waals surface area contributed by atoms with Crippen LogP contribution in [-0.4, -0.2) is 32.4 Å². The highest BCUT2D eigenvalue weighted by Crippen LogP contribution is 2.33. The third kappa shape index (κ3) is 3.28. The van der Waals surface area contributed by atoms with Crippen molar-refractivity contribution in [3.63, 3.8) is 0 Å². The van der Waals surface area contributed by atoms with Crippen LogP contribution in [0.2, 0.25) is 0 Å². The molecule has 1 N–H and O–H groups in total. The number of rotatable bonds is 3. The summed E-state index contributed by atoms with van der Waals surface area (Å²) in [6.07, 6.45) is 4.88. The normalized spacial score (nSPS) is 25.2. The van der Waals surface area contributed by atoms with E-state index in [2.05, 4.69) is 29.6 Å². The molecule has 0 saturated carbocycles. The van der Waals surface area contributed by atoms with Gasteiger partial charge >= 0.3 is 0 Å². The minimum Gasteiger partial charge on any atom is -0.488 e. The molecule has 1 atom stereocenters. The summed E-state index contributed by atoms with van der Waals surface area (Å²) in [5.74, 6) is 1.71. The topological polar surface area (TPSA) is 30.5 Å². The van der Waals surface area contributed by atoms with E-state index in [9.17, 15) is 0 Å². The smallest absolute Gasteiger partial charge is 0.123 e. The molecule has 0 bridgehead atoms. The van der Waals surface area contributed by atoms with E-state index in [-0.39, 0.29) is 6.10 Å². The van der Waals surface area contributed by atoms with Crippen molar-refractivity contribution >= 4 is 0 Å². The fourth-order valence-corrected chi connectivity index (χ4v) is 3.04. The Hall–Kier alpha value is -1.06. The van der Waals surface area contributed by atoms with Crippen molar-refractivity contribution in [2.24, 2.45) is 0 Å². The molecular weight excluding hydrogens is 238 g/mol. The van der Waals surface area contributed by atoms with E-state index in [0.29, 0.717) is 5.92 Å². The van der Waals surface area contributed by atoms with Gasteiger partial charge in [0.2, 0.25) is 0 Å². The molecule has 0 spiro atoms. The maximum atomic E-state index is 6.19. The Labute approximate surface area is 115 Å². The van der Waals surface area contributed by atoms with Crippen molar-refractivity contribution in [3.05, 3.63) is 29.8 Å². The van der Waals surface area contributed by atoms with Crippen molar-refractivity contribution in [2.45, 2.75) is 37.7 Å². The van der Waals surface area contributed by atoms with E-state index >= 15 is 0 Å². The van der Waals surface area contributed by atoms with Gasteiger partial charge in [0.25, 0.3) is 0 Å². The fraction of sp³-hybridized carbons (Fsp3) is 0.625. The van der Waals surface area contributed by atoms with Crippen LogP contribution in [0.25, 0.3) is 0 Å². The molecule has 3 heteroatoms. The Balaban J connectivity index is 1.72. The van der Waals surface area contributed by atoms with Crippen molar-refractivity contribution in [3.8, 4) is 5.75 Å². The molecule has 1 unspecified atom stereocenters. The lowest BCUT2D eigenvalue weighted by Crippen LogP contribution is -2.29. The predicted octanol–water partition coefficient (Wildman–Crippen LogP) is 2.71. The second kappa shape index (κ2) is 6.40. The molecule has 3 nitrogen and oxygen atoms in total. The minimum atomic E-state index is 0.233. The van der Waals surface area contributed by atoms with E-state index in [0.717, 1.165) is 44.9 Å². The van der Waals surface area contributed by atoms with Crippen LogP contribution in [0.5, 0.6) is 5.75 Å². The highest BCUT2D eigenvalue weighted by molar-refractivity contribution is 5.36. The zero-order valence-electron chi connectivity index (χ0n) is 11.4. The van der Waals surface area contributed by atoms with E-state index in [1.807, 2.05) is 0 Å². The number of nitrogens with one attached hydrogen (secondary N) is 1. The zero-order valence-corrected chi connectivity index (χ0v) is 11.4. The maximum absolute atomic E-state index is 6.19. The van der Waals surface area contributed by atoms with E-state index < -0.39 is 0 Å². The molecule has 2 aliphatic rings. The second-order valence-electron chi connectivity index (χ2n) is 5.52. The van der Waals surface area contributed by atoms with Crippen molar-refractivity contribution in [2.75, 3.05) is 26.3 Å². The molecule has 0 aromatic heterocycles. The lowest BCUT2D eigenvalue weighted by Gasteiger charge is -2.28. The van der Waals surface area contributed by atoms with Crippen LogP contribution in [0.1, 0.15) is 37.2 Å². The van der Waals surface area contributed by atoms with E-state index in [1.165, 1.54) is 18.4 Å². The minimum absolute atomic E-state index is 0.233. The first-order valence-corrected chi connectivity index (χ1v) is 7.47. The first-order chi connectivity index (χ1) is 9.43. The molecule has 2 aliphatic heterocycles. The number of hydrogen-bond acceptors (Lipinski definition) is 3. The lowest BCUT2D eigenvalue weighted by molar-refractivity contribution is 0.00684. The average Bonchev–Trinajstić information content (AvgIpc) is 2.50. The van der Waals surface area contributed by atoms with Crippen LogP contribution in [0.15, 0.2) is 24.3 Å². The standard InChI is InChI=1S/C16H23NO2/c1-2-6-16(19-14-4-3-11-18-12-14)15(5-1)13-7-9-17-10-8-13/h1-2,5-6,13-14,17H,3-4,7-12H2. The summed E-state index contributed by atoms with van der Waals surface area (Å²) in [5.41, 5.74) is 1.38. The fourth-order valence-electron chi connectivity index (χ4n) is 3.04. The molecule has 0 radical (unpaired) electrons. The maximum Gasteiger partial charge on any atom is 0.123 e. The van der Waals surface area contributed by atoms with Crippen LogP contribution in [0.4, 0.5) is 0 Å². The SMILES string of the molecule is c1ccc(C2CCNCC2)c(OC2CCCOC2)c1. The molecule has 19 heavy (non-hydrogen) atoms. The largest absolute Gasteiger partial charge is 0.488 e. The molecule has 1 aromatic carbocycles. The van der Waals surface area contributed by atoms with Crippen molar-refractivity contribution in [1.82, 2.24) is 5.32 Å². The van der Waals surface area contributed by atoms with Gasteiger partial charge in [-0.1, -0.05) is 18.2 Å². The van der Waals surface area contributed by atoms with Crippen LogP contribution in [0, 0.1) is 0 Å².